The summed E-state index contributed by atoms with van der Waals surface area (Å²) in [6.07, 6.45) is -0.520. The minimum absolute atomic E-state index is 0.0777. The van der Waals surface area contributed by atoms with E-state index in [0.29, 0.717) is 18.4 Å². The number of benzene rings is 1. The zero-order chi connectivity index (χ0) is 41.4. The first-order chi connectivity index (χ1) is 25.9. The highest BCUT2D eigenvalue weighted by Crippen LogP contribution is 2.21. The zero-order valence-corrected chi connectivity index (χ0v) is 31.5. The van der Waals surface area contributed by atoms with Crippen LogP contribution in [0.4, 0.5) is 0 Å². The highest BCUT2D eigenvalue weighted by Gasteiger charge is 2.41. The molecule has 19 heteroatoms. The largest absolute Gasteiger partial charge is 0.370 e. The topological polar surface area (TPSA) is 312 Å². The van der Waals surface area contributed by atoms with E-state index >= 15 is 0 Å². The maximum atomic E-state index is 14.3. The van der Waals surface area contributed by atoms with Crippen LogP contribution in [0.5, 0.6) is 0 Å². The van der Waals surface area contributed by atoms with Gasteiger partial charge in [-0.25, -0.2) is 0 Å². The number of aldehydes is 1. The van der Waals surface area contributed by atoms with E-state index in [0.717, 1.165) is 0 Å². The summed E-state index contributed by atoms with van der Waals surface area (Å²) in [5.74, 6) is -8.43. The normalized spacial score (nSPS) is 17.0. The Morgan fingerprint density at radius 1 is 0.782 bits per heavy atom. The molecule has 1 heterocycles. The number of hydrogen-bond acceptors (Lipinski definition) is 10. The predicted molar refractivity (Wildman–Crippen MR) is 196 cm³/mol. The molecule has 1 aliphatic heterocycles. The second-order valence-electron chi connectivity index (χ2n) is 13.9. The van der Waals surface area contributed by atoms with Gasteiger partial charge in [0.05, 0.1) is 6.42 Å². The summed E-state index contributed by atoms with van der Waals surface area (Å²) in [6, 6.07) is 0.940. The Kier molecular flexibility index (Phi) is 17.9. The van der Waals surface area contributed by atoms with Crippen molar-refractivity contribution in [1.82, 2.24) is 31.5 Å². The highest BCUT2D eigenvalue weighted by molar-refractivity contribution is 6.24. The minimum Gasteiger partial charge on any atom is -0.370 e. The maximum absolute atomic E-state index is 14.3. The summed E-state index contributed by atoms with van der Waals surface area (Å²) < 4.78 is 0. The molecule has 19 nitrogen and oxygen atoms in total. The molecule has 1 aromatic rings. The fourth-order valence-electron chi connectivity index (χ4n) is 6.03. The van der Waals surface area contributed by atoms with Crippen molar-refractivity contribution in [1.29, 1.82) is 0 Å². The Morgan fingerprint density at radius 3 is 1.95 bits per heavy atom. The van der Waals surface area contributed by atoms with Gasteiger partial charge in [0.25, 0.3) is 5.91 Å². The van der Waals surface area contributed by atoms with Crippen molar-refractivity contribution in [3.8, 4) is 0 Å². The fourth-order valence-corrected chi connectivity index (χ4v) is 6.03. The first kappa shape index (κ1) is 45.3. The van der Waals surface area contributed by atoms with Crippen molar-refractivity contribution in [2.24, 2.45) is 29.0 Å². The Morgan fingerprint density at radius 2 is 1.40 bits per heavy atom. The van der Waals surface area contributed by atoms with Crippen molar-refractivity contribution >= 4 is 59.5 Å². The predicted octanol–water partition coefficient (Wildman–Crippen LogP) is -2.83. The van der Waals surface area contributed by atoms with E-state index in [2.05, 4.69) is 26.6 Å². The van der Waals surface area contributed by atoms with E-state index < -0.39 is 95.8 Å². The van der Waals surface area contributed by atoms with Crippen molar-refractivity contribution in [2.45, 2.75) is 109 Å². The third kappa shape index (κ3) is 14.1. The van der Waals surface area contributed by atoms with Crippen LogP contribution in [-0.4, -0.2) is 107 Å². The second kappa shape index (κ2) is 21.7. The van der Waals surface area contributed by atoms with Crippen LogP contribution in [0.25, 0.3) is 0 Å². The fraction of sp³-hybridized carbons (Fsp3) is 0.556. The second-order valence-corrected chi connectivity index (χ2v) is 13.9. The van der Waals surface area contributed by atoms with Crippen molar-refractivity contribution < 1.29 is 47.9 Å². The van der Waals surface area contributed by atoms with E-state index in [9.17, 15) is 47.9 Å². The van der Waals surface area contributed by atoms with Crippen molar-refractivity contribution in [3.05, 3.63) is 35.9 Å². The molecule has 55 heavy (non-hydrogen) atoms. The zero-order valence-electron chi connectivity index (χ0n) is 31.5. The summed E-state index contributed by atoms with van der Waals surface area (Å²) in [4.78, 5) is 128. The van der Waals surface area contributed by atoms with E-state index in [4.69, 9.17) is 17.2 Å². The molecule has 0 spiro atoms. The number of primary amides is 3. The molecule has 0 saturated carbocycles. The van der Waals surface area contributed by atoms with Crippen LogP contribution in [0.2, 0.25) is 0 Å². The Bertz CT molecular complexity index is 1590. The van der Waals surface area contributed by atoms with Gasteiger partial charge in [0.1, 0.15) is 36.3 Å². The lowest BCUT2D eigenvalue weighted by molar-refractivity contribution is -0.143. The molecule has 0 aliphatic carbocycles. The van der Waals surface area contributed by atoms with E-state index in [-0.39, 0.29) is 50.4 Å². The number of carbonyl (C=O) groups is 10. The summed E-state index contributed by atoms with van der Waals surface area (Å²) in [5, 5.41) is 12.3. The Labute approximate surface area is 319 Å². The molecule has 1 saturated heterocycles. The smallest absolute Gasteiger partial charge is 0.284 e. The average Bonchev–Trinajstić information content (AvgIpc) is 3.63. The van der Waals surface area contributed by atoms with Crippen LogP contribution >= 0.6 is 0 Å². The van der Waals surface area contributed by atoms with Gasteiger partial charge in [-0.2, -0.15) is 0 Å². The molecular formula is C36H53N9O10. The molecule has 7 atom stereocenters. The molecule has 9 amide bonds. The molecule has 0 radical (unpaired) electrons. The number of nitrogens with two attached hydrogens (primary N) is 3. The first-order valence-corrected chi connectivity index (χ1v) is 18.1. The standard InChI is InChI=1S/C36H53N9O10/c1-5-20(4)30(35(54)43-29(19(2)3)31(39)50)44-34(53)25-12-9-15-45(25)36(55)24(16-21-10-7-6-8-11-21)42-33(52)23(17-27(38)48)41-32(51)22(13-14-26(37)47)40-28(49)18-46/h6-8,10-11,18-20,22-25,29-30H,5,9,12-17H2,1-4H3,(H2,37,47)(H2,38,48)(H2,39,50)(H,40,49)(H,41,51)(H,42,52)(H,43,54)(H,44,53)/t20-,22-,23-,24-,25-,29-,30-/m0/s1. The molecule has 1 fully saturated rings. The number of likely N-dealkylation sites (tertiary alicyclic amines) is 1. The number of carbonyl (C=O) groups excluding carboxylic acids is 10. The molecule has 1 aromatic carbocycles. The molecule has 0 bridgehead atoms. The number of hydrogen-bond donors (Lipinski definition) is 8. The minimum atomic E-state index is -1.68. The molecular weight excluding hydrogens is 718 g/mol. The molecule has 11 N–H and O–H groups in total. The summed E-state index contributed by atoms with van der Waals surface area (Å²) in [5.41, 5.74) is 16.6. The lowest BCUT2D eigenvalue weighted by Gasteiger charge is -2.32. The molecule has 1 aliphatic rings. The van der Waals surface area contributed by atoms with Crippen LogP contribution in [0.1, 0.15) is 71.8 Å². The number of nitrogens with one attached hydrogen (secondary N) is 5. The third-order valence-corrected chi connectivity index (χ3v) is 9.26. The third-order valence-electron chi connectivity index (χ3n) is 9.26. The quantitative estimate of drug-likeness (QED) is 0.0441. The van der Waals surface area contributed by atoms with Gasteiger partial charge >= 0.3 is 0 Å². The van der Waals surface area contributed by atoms with Crippen LogP contribution in [0.3, 0.4) is 0 Å². The lowest BCUT2D eigenvalue weighted by Crippen LogP contribution is -2.61. The van der Waals surface area contributed by atoms with Crippen LogP contribution in [-0.2, 0) is 54.4 Å². The number of amides is 9. The number of rotatable bonds is 22. The van der Waals surface area contributed by atoms with Gasteiger partial charge < -0.3 is 48.7 Å². The van der Waals surface area contributed by atoms with Crippen LogP contribution < -0.4 is 43.8 Å². The molecule has 0 aromatic heterocycles. The van der Waals surface area contributed by atoms with Crippen molar-refractivity contribution in [2.75, 3.05) is 6.54 Å². The monoisotopic (exact) mass is 771 g/mol. The van der Waals surface area contributed by atoms with Gasteiger partial charge in [-0.15, -0.1) is 0 Å². The molecule has 302 valence electrons. The van der Waals surface area contributed by atoms with Gasteiger partial charge in [0.15, 0.2) is 0 Å². The van der Waals surface area contributed by atoms with Gasteiger partial charge in [-0.3, -0.25) is 47.9 Å². The highest BCUT2D eigenvalue weighted by atomic mass is 16.2. The van der Waals surface area contributed by atoms with E-state index in [1.807, 2.05) is 6.92 Å². The lowest BCUT2D eigenvalue weighted by atomic mass is 9.96. The SMILES string of the molecule is CC[C@H](C)[C@H](NC(=O)[C@@H]1CCCN1C(=O)[C@H](Cc1ccccc1)NC(=O)[C@H](CC(N)=O)NC(=O)[C@H](CCC(N)=O)NC(=O)C=O)C(=O)N[C@H](C(N)=O)C(C)C. The van der Waals surface area contributed by atoms with E-state index in [1.54, 1.807) is 51.1 Å². The summed E-state index contributed by atoms with van der Waals surface area (Å²) >= 11 is 0. The van der Waals surface area contributed by atoms with Gasteiger partial charge in [-0.05, 0) is 36.7 Å². The molecule has 0 unspecified atom stereocenters. The number of nitrogens with zero attached hydrogens (tertiary/aromatic N) is 1. The van der Waals surface area contributed by atoms with Gasteiger partial charge in [-0.1, -0.05) is 64.4 Å². The maximum Gasteiger partial charge on any atom is 0.284 e. The van der Waals surface area contributed by atoms with Crippen LogP contribution in [0, 0.1) is 11.8 Å². The van der Waals surface area contributed by atoms with Crippen LogP contribution in [0.15, 0.2) is 30.3 Å². The molecule has 2 rings (SSSR count). The Hall–Kier alpha value is -5.88. The van der Waals surface area contributed by atoms with E-state index in [1.165, 1.54) is 4.90 Å². The summed E-state index contributed by atoms with van der Waals surface area (Å²) in [6.45, 7) is 7.11. The average molecular weight is 772 g/mol. The van der Waals surface area contributed by atoms with Crippen molar-refractivity contribution in [3.63, 3.8) is 0 Å². The Balaban J connectivity index is 2.39. The van der Waals surface area contributed by atoms with Gasteiger partial charge in [0, 0.05) is 19.4 Å². The van der Waals surface area contributed by atoms with Gasteiger partial charge in [0.2, 0.25) is 53.5 Å². The summed E-state index contributed by atoms with van der Waals surface area (Å²) in [7, 11) is 0. The first-order valence-electron chi connectivity index (χ1n) is 18.1.